The van der Waals surface area contributed by atoms with Crippen LogP contribution in [-0.2, 0) is 24.1 Å². The van der Waals surface area contributed by atoms with E-state index in [1.807, 2.05) is 35.8 Å². The summed E-state index contributed by atoms with van der Waals surface area (Å²) in [5.74, 6) is 0.795. The van der Waals surface area contributed by atoms with E-state index in [4.69, 9.17) is 9.72 Å². The Balaban J connectivity index is 1.90. The maximum Gasteiger partial charge on any atom is 0.262 e. The van der Waals surface area contributed by atoms with E-state index in [0.717, 1.165) is 34.0 Å². The third kappa shape index (κ3) is 4.55. The van der Waals surface area contributed by atoms with Gasteiger partial charge in [0.15, 0.2) is 5.16 Å². The molecule has 1 aromatic carbocycles. The van der Waals surface area contributed by atoms with Crippen molar-refractivity contribution in [1.29, 1.82) is 0 Å². The molecule has 6 heteroatoms. The summed E-state index contributed by atoms with van der Waals surface area (Å²) >= 11 is 3.22. The van der Waals surface area contributed by atoms with Gasteiger partial charge in [-0.2, -0.15) is 0 Å². The van der Waals surface area contributed by atoms with E-state index in [2.05, 4.69) is 19.1 Å². The number of hydrogen-bond donors (Lipinski definition) is 0. The predicted molar refractivity (Wildman–Crippen MR) is 111 cm³/mol. The first-order chi connectivity index (χ1) is 12.7. The predicted octanol–water partition coefficient (Wildman–Crippen LogP) is 4.39. The summed E-state index contributed by atoms with van der Waals surface area (Å²) < 4.78 is 7.26. The topological polar surface area (TPSA) is 44.1 Å². The number of thioether (sulfide) groups is 1. The fourth-order valence-corrected chi connectivity index (χ4v) is 4.64. The lowest BCUT2D eigenvalue weighted by molar-refractivity contribution is 0.164. The van der Waals surface area contributed by atoms with Crippen LogP contribution in [-0.4, -0.2) is 28.5 Å². The number of benzene rings is 1. The van der Waals surface area contributed by atoms with Crippen molar-refractivity contribution in [3.05, 3.63) is 57.2 Å². The second-order valence-corrected chi connectivity index (χ2v) is 8.09. The number of nitrogens with zero attached hydrogens (tertiary/aromatic N) is 2. The standard InChI is InChI=1S/C20H24N2O2S2/c1-3-16-14-17-18(26-16)21-20(25-13-12-24-4-2)22(19(17)23)11-10-15-8-6-5-7-9-15/h5-9,14H,3-4,10-13H2,1-2H3. The van der Waals surface area contributed by atoms with Crippen molar-refractivity contribution < 1.29 is 4.74 Å². The number of fused-ring (bicyclic) bond motifs is 1. The number of thiophene rings is 1. The molecule has 138 valence electrons. The molecule has 0 atom stereocenters. The zero-order valence-electron chi connectivity index (χ0n) is 15.2. The van der Waals surface area contributed by atoms with Crippen LogP contribution in [0.1, 0.15) is 24.3 Å². The summed E-state index contributed by atoms with van der Waals surface area (Å²) in [7, 11) is 0. The second-order valence-electron chi connectivity index (χ2n) is 5.92. The molecule has 3 aromatic rings. The molecule has 0 aliphatic carbocycles. The molecule has 0 spiro atoms. The summed E-state index contributed by atoms with van der Waals surface area (Å²) in [6, 6.07) is 12.3. The van der Waals surface area contributed by atoms with Gasteiger partial charge in [-0.05, 0) is 31.4 Å². The molecule has 2 aromatic heterocycles. The SMILES string of the molecule is CCOCCSc1nc2sc(CC)cc2c(=O)n1CCc1ccccc1. The van der Waals surface area contributed by atoms with Gasteiger partial charge in [-0.3, -0.25) is 9.36 Å². The van der Waals surface area contributed by atoms with E-state index in [1.165, 1.54) is 10.4 Å². The van der Waals surface area contributed by atoms with E-state index in [0.29, 0.717) is 19.8 Å². The Morgan fingerprint density at radius 1 is 1.23 bits per heavy atom. The highest BCUT2D eigenvalue weighted by molar-refractivity contribution is 7.99. The van der Waals surface area contributed by atoms with E-state index in [1.54, 1.807) is 23.1 Å². The lowest BCUT2D eigenvalue weighted by Crippen LogP contribution is -2.24. The van der Waals surface area contributed by atoms with Gasteiger partial charge in [0.25, 0.3) is 5.56 Å². The zero-order valence-corrected chi connectivity index (χ0v) is 16.9. The third-order valence-electron chi connectivity index (χ3n) is 4.15. The van der Waals surface area contributed by atoms with Crippen LogP contribution in [0.5, 0.6) is 0 Å². The lowest BCUT2D eigenvalue weighted by atomic mass is 10.1. The number of ether oxygens (including phenoxy) is 1. The smallest absolute Gasteiger partial charge is 0.262 e. The summed E-state index contributed by atoms with van der Waals surface area (Å²) in [6.07, 6.45) is 1.75. The lowest BCUT2D eigenvalue weighted by Gasteiger charge is -2.12. The Morgan fingerprint density at radius 2 is 2.04 bits per heavy atom. The molecule has 0 unspecified atom stereocenters. The van der Waals surface area contributed by atoms with E-state index < -0.39 is 0 Å². The highest BCUT2D eigenvalue weighted by Gasteiger charge is 2.14. The maximum atomic E-state index is 13.1. The molecule has 0 bridgehead atoms. The second kappa shape index (κ2) is 9.35. The number of aromatic nitrogens is 2. The minimum Gasteiger partial charge on any atom is -0.381 e. The zero-order chi connectivity index (χ0) is 18.4. The van der Waals surface area contributed by atoms with E-state index >= 15 is 0 Å². The highest BCUT2D eigenvalue weighted by atomic mass is 32.2. The van der Waals surface area contributed by atoms with Crippen molar-refractivity contribution in [2.24, 2.45) is 0 Å². The quantitative estimate of drug-likeness (QED) is 0.310. The molecule has 0 aliphatic rings. The Hall–Kier alpha value is -1.63. The first-order valence-electron chi connectivity index (χ1n) is 9.00. The molecule has 26 heavy (non-hydrogen) atoms. The molecule has 0 saturated heterocycles. The molecule has 3 rings (SSSR count). The molecule has 0 N–H and O–H groups in total. The van der Waals surface area contributed by atoms with E-state index in [9.17, 15) is 4.79 Å². The van der Waals surface area contributed by atoms with Crippen LogP contribution in [0.25, 0.3) is 10.2 Å². The Kier molecular flexibility index (Phi) is 6.88. The van der Waals surface area contributed by atoms with Gasteiger partial charge in [0.05, 0.1) is 12.0 Å². The van der Waals surface area contributed by atoms with Gasteiger partial charge in [0.2, 0.25) is 0 Å². The van der Waals surface area contributed by atoms with Crippen LogP contribution in [0.15, 0.2) is 46.3 Å². The molecule has 0 amide bonds. The van der Waals surface area contributed by atoms with Crippen molar-refractivity contribution >= 4 is 33.3 Å². The first kappa shape index (κ1) is 19.1. The fraction of sp³-hybridized carbons (Fsp3) is 0.400. The summed E-state index contributed by atoms with van der Waals surface area (Å²) in [4.78, 5) is 19.9. The molecule has 4 nitrogen and oxygen atoms in total. The normalized spacial score (nSPS) is 11.3. The summed E-state index contributed by atoms with van der Waals surface area (Å²) in [5, 5.41) is 1.54. The van der Waals surface area contributed by atoms with Gasteiger partial charge < -0.3 is 4.74 Å². The van der Waals surface area contributed by atoms with Gasteiger partial charge >= 0.3 is 0 Å². The Morgan fingerprint density at radius 3 is 2.77 bits per heavy atom. The molecule has 0 aliphatic heterocycles. The van der Waals surface area contributed by atoms with Crippen molar-refractivity contribution in [2.45, 2.75) is 38.4 Å². The van der Waals surface area contributed by atoms with E-state index in [-0.39, 0.29) is 5.56 Å². The molecule has 2 heterocycles. The van der Waals surface area contributed by atoms with Crippen molar-refractivity contribution in [1.82, 2.24) is 9.55 Å². The minimum absolute atomic E-state index is 0.0702. The van der Waals surface area contributed by atoms with Gasteiger partial charge in [0.1, 0.15) is 4.83 Å². The molecular formula is C20H24N2O2S2. The van der Waals surface area contributed by atoms with Gasteiger partial charge in [-0.1, -0.05) is 49.0 Å². The Labute approximate surface area is 162 Å². The summed E-state index contributed by atoms with van der Waals surface area (Å²) in [5.41, 5.74) is 1.30. The van der Waals surface area contributed by atoms with Crippen molar-refractivity contribution in [2.75, 3.05) is 19.0 Å². The van der Waals surface area contributed by atoms with Crippen LogP contribution >= 0.6 is 23.1 Å². The van der Waals surface area contributed by atoms with Crippen molar-refractivity contribution in [3.63, 3.8) is 0 Å². The van der Waals surface area contributed by atoms with Gasteiger partial charge in [-0.15, -0.1) is 11.3 Å². The third-order valence-corrected chi connectivity index (χ3v) is 6.26. The summed E-state index contributed by atoms with van der Waals surface area (Å²) in [6.45, 7) is 6.11. The molecule has 0 fully saturated rings. The monoisotopic (exact) mass is 388 g/mol. The number of aryl methyl sites for hydroxylation is 2. The van der Waals surface area contributed by atoms with Crippen LogP contribution in [0, 0.1) is 0 Å². The first-order valence-corrected chi connectivity index (χ1v) is 10.8. The highest BCUT2D eigenvalue weighted by Crippen LogP contribution is 2.25. The number of rotatable bonds is 9. The van der Waals surface area contributed by atoms with Gasteiger partial charge in [-0.25, -0.2) is 4.98 Å². The van der Waals surface area contributed by atoms with Crippen LogP contribution < -0.4 is 5.56 Å². The number of hydrogen-bond acceptors (Lipinski definition) is 5. The van der Waals surface area contributed by atoms with Gasteiger partial charge in [0, 0.05) is 23.8 Å². The minimum atomic E-state index is 0.0702. The average Bonchev–Trinajstić information content (AvgIpc) is 3.09. The fourth-order valence-electron chi connectivity index (χ4n) is 2.75. The van der Waals surface area contributed by atoms with Crippen LogP contribution in [0.3, 0.4) is 0 Å². The molecular weight excluding hydrogens is 364 g/mol. The van der Waals surface area contributed by atoms with Crippen molar-refractivity contribution in [3.8, 4) is 0 Å². The maximum absolute atomic E-state index is 13.1. The largest absolute Gasteiger partial charge is 0.381 e. The average molecular weight is 389 g/mol. The Bertz CT molecular complexity index is 903. The molecule has 0 radical (unpaired) electrons. The van der Waals surface area contributed by atoms with Crippen LogP contribution in [0.2, 0.25) is 0 Å². The van der Waals surface area contributed by atoms with Crippen LogP contribution in [0.4, 0.5) is 0 Å². The molecule has 0 saturated carbocycles.